The number of hydrogen-bond donors (Lipinski definition) is 1. The van der Waals surface area contributed by atoms with Crippen LogP contribution in [-0.2, 0) is 5.41 Å². The van der Waals surface area contributed by atoms with Gasteiger partial charge in [-0.2, -0.15) is 0 Å². The van der Waals surface area contributed by atoms with Crippen molar-refractivity contribution in [1.29, 1.82) is 0 Å². The maximum absolute atomic E-state index is 13.7. The average molecular weight is 271 g/mol. The monoisotopic (exact) mass is 271 g/mol. The van der Waals surface area contributed by atoms with Gasteiger partial charge in [-0.05, 0) is 42.8 Å². The minimum atomic E-state index is -0.177. The molecule has 1 unspecified atom stereocenters. The smallest absolute Gasteiger partial charge is 0.123 e. The summed E-state index contributed by atoms with van der Waals surface area (Å²) in [4.78, 5) is 0. The maximum Gasteiger partial charge on any atom is 0.123 e. The van der Waals surface area contributed by atoms with Gasteiger partial charge in [-0.25, -0.2) is 4.39 Å². The first kappa shape index (κ1) is 14.7. The molecule has 0 amide bonds. The van der Waals surface area contributed by atoms with E-state index in [2.05, 4.69) is 37.4 Å². The van der Waals surface area contributed by atoms with Crippen molar-refractivity contribution in [3.8, 4) is 0 Å². The molecule has 0 radical (unpaired) electrons. The summed E-state index contributed by atoms with van der Waals surface area (Å²) in [7, 11) is 1.93. The number of benzene rings is 2. The molecule has 0 heterocycles. The van der Waals surface area contributed by atoms with Gasteiger partial charge >= 0.3 is 0 Å². The van der Waals surface area contributed by atoms with Crippen molar-refractivity contribution in [2.45, 2.75) is 32.2 Å². The van der Waals surface area contributed by atoms with Gasteiger partial charge in [0.15, 0.2) is 0 Å². The highest BCUT2D eigenvalue weighted by Crippen LogP contribution is 2.37. The molecule has 1 atom stereocenters. The van der Waals surface area contributed by atoms with Gasteiger partial charge in [0, 0.05) is 11.5 Å². The van der Waals surface area contributed by atoms with Gasteiger partial charge in [-0.15, -0.1) is 0 Å². The number of halogens is 1. The van der Waals surface area contributed by atoms with Crippen LogP contribution in [0.3, 0.4) is 0 Å². The molecule has 2 rings (SSSR count). The summed E-state index contributed by atoms with van der Waals surface area (Å²) in [6.07, 6.45) is 0. The second-order valence-electron chi connectivity index (χ2n) is 5.87. The molecular weight excluding hydrogens is 249 g/mol. The van der Waals surface area contributed by atoms with Gasteiger partial charge in [0.1, 0.15) is 5.82 Å². The summed E-state index contributed by atoms with van der Waals surface area (Å²) >= 11 is 0. The third-order valence-electron chi connectivity index (χ3n) is 3.93. The Labute approximate surface area is 120 Å². The number of aryl methyl sites for hydroxylation is 1. The van der Waals surface area contributed by atoms with Crippen LogP contribution in [0.25, 0.3) is 0 Å². The molecule has 1 N–H and O–H groups in total. The minimum Gasteiger partial charge on any atom is -0.312 e. The molecule has 1 nitrogen and oxygen atoms in total. The second kappa shape index (κ2) is 5.76. The third-order valence-corrected chi connectivity index (χ3v) is 3.93. The van der Waals surface area contributed by atoms with Crippen molar-refractivity contribution in [2.75, 3.05) is 7.05 Å². The van der Waals surface area contributed by atoms with Crippen molar-refractivity contribution < 1.29 is 4.39 Å². The standard InChI is InChI=1S/C18H22FN/c1-13-10-14(12-16(19)11-13)17(20-4)18(2,3)15-8-6-5-7-9-15/h5-12,17,20H,1-4H3. The van der Waals surface area contributed by atoms with Crippen LogP contribution in [0.4, 0.5) is 4.39 Å². The van der Waals surface area contributed by atoms with Crippen LogP contribution in [0.1, 0.15) is 36.6 Å². The van der Waals surface area contributed by atoms with E-state index < -0.39 is 0 Å². The van der Waals surface area contributed by atoms with Crippen LogP contribution < -0.4 is 5.32 Å². The lowest BCUT2D eigenvalue weighted by Gasteiger charge is -2.35. The van der Waals surface area contributed by atoms with Crippen LogP contribution in [-0.4, -0.2) is 7.05 Å². The molecule has 0 aliphatic heterocycles. The quantitative estimate of drug-likeness (QED) is 0.870. The van der Waals surface area contributed by atoms with E-state index in [4.69, 9.17) is 0 Å². The molecule has 0 fully saturated rings. The predicted molar refractivity (Wildman–Crippen MR) is 82.4 cm³/mol. The highest BCUT2D eigenvalue weighted by atomic mass is 19.1. The van der Waals surface area contributed by atoms with E-state index in [1.165, 1.54) is 5.56 Å². The van der Waals surface area contributed by atoms with Crippen molar-refractivity contribution in [2.24, 2.45) is 0 Å². The third kappa shape index (κ3) is 2.91. The molecule has 2 heteroatoms. The van der Waals surface area contributed by atoms with E-state index in [9.17, 15) is 4.39 Å². The summed E-state index contributed by atoms with van der Waals surface area (Å²) in [5, 5.41) is 3.34. The van der Waals surface area contributed by atoms with Gasteiger partial charge in [-0.1, -0.05) is 50.2 Å². The molecule has 0 saturated heterocycles. The first-order valence-electron chi connectivity index (χ1n) is 6.95. The van der Waals surface area contributed by atoms with E-state index in [0.717, 1.165) is 11.1 Å². The maximum atomic E-state index is 13.7. The van der Waals surface area contributed by atoms with Gasteiger partial charge in [0.25, 0.3) is 0 Å². The number of likely N-dealkylation sites (N-methyl/N-ethyl adjacent to an activating group) is 1. The summed E-state index contributed by atoms with van der Waals surface area (Å²) in [5.41, 5.74) is 3.04. The Kier molecular flexibility index (Phi) is 4.24. The Hall–Kier alpha value is -1.67. The highest BCUT2D eigenvalue weighted by molar-refractivity contribution is 5.34. The molecule has 0 aliphatic carbocycles. The molecule has 2 aromatic carbocycles. The van der Waals surface area contributed by atoms with Gasteiger partial charge < -0.3 is 5.32 Å². The minimum absolute atomic E-state index is 0.0549. The summed E-state index contributed by atoms with van der Waals surface area (Å²) in [6.45, 7) is 6.29. The molecule has 0 aromatic heterocycles. The summed E-state index contributed by atoms with van der Waals surface area (Å²) in [6, 6.07) is 15.6. The van der Waals surface area contributed by atoms with E-state index in [0.29, 0.717) is 0 Å². The van der Waals surface area contributed by atoms with Crippen LogP contribution in [0.2, 0.25) is 0 Å². The van der Waals surface area contributed by atoms with Crippen LogP contribution in [0.15, 0.2) is 48.5 Å². The predicted octanol–water partition coefficient (Wildman–Crippen LogP) is 4.37. The van der Waals surface area contributed by atoms with Gasteiger partial charge in [-0.3, -0.25) is 0 Å². The molecule has 0 bridgehead atoms. The highest BCUT2D eigenvalue weighted by Gasteiger charge is 2.31. The Morgan fingerprint density at radius 3 is 2.25 bits per heavy atom. The average Bonchev–Trinajstić information content (AvgIpc) is 2.39. The van der Waals surface area contributed by atoms with Crippen molar-refractivity contribution in [3.63, 3.8) is 0 Å². The number of rotatable bonds is 4. The molecule has 0 saturated carbocycles. The second-order valence-corrected chi connectivity index (χ2v) is 5.87. The topological polar surface area (TPSA) is 12.0 Å². The number of hydrogen-bond acceptors (Lipinski definition) is 1. The van der Waals surface area contributed by atoms with Crippen LogP contribution >= 0.6 is 0 Å². The first-order valence-corrected chi connectivity index (χ1v) is 6.95. The zero-order valence-corrected chi connectivity index (χ0v) is 12.6. The van der Waals surface area contributed by atoms with Crippen molar-refractivity contribution >= 4 is 0 Å². The molecule has 0 aliphatic rings. The first-order chi connectivity index (χ1) is 9.45. The molecule has 106 valence electrons. The molecule has 0 spiro atoms. The molecule has 20 heavy (non-hydrogen) atoms. The fourth-order valence-electron chi connectivity index (χ4n) is 2.91. The van der Waals surface area contributed by atoms with E-state index in [-0.39, 0.29) is 17.3 Å². The molecular formula is C18H22FN. The fraction of sp³-hybridized carbons (Fsp3) is 0.333. The Morgan fingerprint density at radius 2 is 1.70 bits per heavy atom. The van der Waals surface area contributed by atoms with E-state index >= 15 is 0 Å². The Bertz CT molecular complexity index is 555. The zero-order valence-electron chi connectivity index (χ0n) is 12.6. The van der Waals surface area contributed by atoms with E-state index in [1.807, 2.05) is 32.2 Å². The van der Waals surface area contributed by atoms with Gasteiger partial charge in [0.05, 0.1) is 0 Å². The lowest BCUT2D eigenvalue weighted by Crippen LogP contribution is -2.35. The molecule has 2 aromatic rings. The van der Waals surface area contributed by atoms with Crippen LogP contribution in [0.5, 0.6) is 0 Å². The van der Waals surface area contributed by atoms with Crippen molar-refractivity contribution in [3.05, 3.63) is 71.0 Å². The fourth-order valence-corrected chi connectivity index (χ4v) is 2.91. The SMILES string of the molecule is CNC(c1cc(C)cc(F)c1)C(C)(C)c1ccccc1. The number of nitrogens with one attached hydrogen (secondary N) is 1. The van der Waals surface area contributed by atoms with Crippen molar-refractivity contribution in [1.82, 2.24) is 5.32 Å². The lowest BCUT2D eigenvalue weighted by atomic mass is 9.75. The lowest BCUT2D eigenvalue weighted by molar-refractivity contribution is 0.367. The largest absolute Gasteiger partial charge is 0.312 e. The zero-order chi connectivity index (χ0) is 14.8. The Morgan fingerprint density at radius 1 is 1.05 bits per heavy atom. The van der Waals surface area contributed by atoms with Crippen LogP contribution in [0, 0.1) is 12.7 Å². The summed E-state index contributed by atoms with van der Waals surface area (Å²) in [5.74, 6) is -0.177. The van der Waals surface area contributed by atoms with E-state index in [1.54, 1.807) is 12.1 Å². The summed E-state index contributed by atoms with van der Waals surface area (Å²) < 4.78 is 13.7. The van der Waals surface area contributed by atoms with Gasteiger partial charge in [0.2, 0.25) is 0 Å². The normalized spacial score (nSPS) is 13.2. The Balaban J connectivity index is 2.46.